The lowest BCUT2D eigenvalue weighted by atomic mass is 9.77. The van der Waals surface area contributed by atoms with Gasteiger partial charge in [-0.3, -0.25) is 0 Å². The fourth-order valence-electron chi connectivity index (χ4n) is 4.38. The molecule has 0 N–H and O–H groups in total. The van der Waals surface area contributed by atoms with Crippen LogP contribution >= 0.6 is 0 Å². The van der Waals surface area contributed by atoms with E-state index in [2.05, 4.69) is 59.5 Å². The van der Waals surface area contributed by atoms with Crippen LogP contribution < -0.4 is 0 Å². The molecule has 0 aromatic heterocycles. The summed E-state index contributed by atoms with van der Waals surface area (Å²) in [6, 6.07) is 39.2. The number of nitriles is 2. The highest BCUT2D eigenvalue weighted by molar-refractivity contribution is 5.46. The Kier molecular flexibility index (Phi) is 12.7. The predicted octanol–water partition coefficient (Wildman–Crippen LogP) is 6.34. The Bertz CT molecular complexity index is 1760. The lowest BCUT2D eigenvalue weighted by molar-refractivity contribution is 0.204. The van der Waals surface area contributed by atoms with E-state index in [1.165, 1.54) is 0 Å². The van der Waals surface area contributed by atoms with Crippen LogP contribution in [0.3, 0.4) is 0 Å². The summed E-state index contributed by atoms with van der Waals surface area (Å²) in [7, 11) is 0. The van der Waals surface area contributed by atoms with Gasteiger partial charge in [-0.05, 0) is 47.5 Å². The zero-order chi connectivity index (χ0) is 31.4. The maximum absolute atomic E-state index is 10.2. The first kappa shape index (κ1) is 31.9. The second kappa shape index (κ2) is 17.9. The Morgan fingerprint density at radius 3 is 1.20 bits per heavy atom. The van der Waals surface area contributed by atoms with Gasteiger partial charge in [0.2, 0.25) is 0 Å². The summed E-state index contributed by atoms with van der Waals surface area (Å²) in [6.45, 7) is 0.978. The van der Waals surface area contributed by atoms with Gasteiger partial charge in [-0.1, -0.05) is 120 Å². The van der Waals surface area contributed by atoms with Crippen LogP contribution in [0.2, 0.25) is 0 Å². The van der Waals surface area contributed by atoms with Crippen LogP contribution in [0.25, 0.3) is 0 Å². The number of nitrogens with zero attached hydrogens (tertiary/aromatic N) is 2. The molecule has 0 aliphatic heterocycles. The minimum Gasteiger partial charge on any atom is -0.356 e. The van der Waals surface area contributed by atoms with Gasteiger partial charge in [-0.15, -0.1) is 0 Å². The van der Waals surface area contributed by atoms with Crippen LogP contribution in [0.15, 0.2) is 109 Å². The van der Waals surface area contributed by atoms with E-state index in [0.29, 0.717) is 0 Å². The number of hydrogen-bond donors (Lipinski definition) is 0. The molecule has 0 radical (unpaired) electrons. The second-order valence-electron chi connectivity index (χ2n) is 9.90. The van der Waals surface area contributed by atoms with Crippen molar-refractivity contribution in [3.05, 3.63) is 143 Å². The summed E-state index contributed by atoms with van der Waals surface area (Å²) >= 11 is 0. The van der Waals surface area contributed by atoms with Crippen molar-refractivity contribution in [1.29, 1.82) is 10.5 Å². The van der Waals surface area contributed by atoms with Crippen LogP contribution in [0, 0.1) is 75.4 Å². The topological polar surface area (TPSA) is 66.0 Å². The van der Waals surface area contributed by atoms with Gasteiger partial charge in [0.1, 0.15) is 26.4 Å². The predicted molar refractivity (Wildman–Crippen MR) is 176 cm³/mol. The molecular formula is C41H30N2O2. The molecule has 0 aliphatic carbocycles. The molecule has 0 heterocycles. The third kappa shape index (κ3) is 10.7. The highest BCUT2D eigenvalue weighted by Gasteiger charge is 2.32. The van der Waals surface area contributed by atoms with Crippen molar-refractivity contribution in [1.82, 2.24) is 0 Å². The van der Waals surface area contributed by atoms with Crippen molar-refractivity contribution in [2.24, 2.45) is 5.41 Å². The van der Waals surface area contributed by atoms with E-state index >= 15 is 0 Å². The van der Waals surface area contributed by atoms with Crippen molar-refractivity contribution in [2.45, 2.75) is 12.8 Å². The van der Waals surface area contributed by atoms with E-state index in [4.69, 9.17) is 9.47 Å². The van der Waals surface area contributed by atoms with E-state index in [0.717, 1.165) is 33.4 Å². The van der Waals surface area contributed by atoms with Crippen LogP contribution in [0.1, 0.15) is 33.4 Å². The lowest BCUT2D eigenvalue weighted by Crippen LogP contribution is -2.24. The summed E-state index contributed by atoms with van der Waals surface area (Å²) in [5, 5.41) is 20.5. The zero-order valence-corrected chi connectivity index (χ0v) is 24.8. The lowest BCUT2D eigenvalue weighted by Gasteiger charge is -2.20. The van der Waals surface area contributed by atoms with Crippen LogP contribution in [-0.4, -0.2) is 26.4 Å². The second-order valence-corrected chi connectivity index (χ2v) is 9.90. The first-order valence-electron chi connectivity index (χ1n) is 14.4. The van der Waals surface area contributed by atoms with Crippen molar-refractivity contribution in [3.8, 4) is 59.5 Å². The molecular weight excluding hydrogens is 552 g/mol. The molecule has 4 nitrogen and oxygen atoms in total. The van der Waals surface area contributed by atoms with Gasteiger partial charge in [0.15, 0.2) is 5.41 Å². The monoisotopic (exact) mass is 582 g/mol. The molecule has 0 bridgehead atoms. The van der Waals surface area contributed by atoms with Crippen LogP contribution in [0.5, 0.6) is 0 Å². The third-order valence-corrected chi connectivity index (χ3v) is 6.60. The highest BCUT2D eigenvalue weighted by atomic mass is 16.5. The molecule has 4 rings (SSSR count). The molecule has 4 aromatic carbocycles. The molecule has 0 amide bonds. The molecule has 4 heteroatoms. The van der Waals surface area contributed by atoms with Gasteiger partial charge < -0.3 is 9.47 Å². The number of ether oxygens (including phenoxy) is 2. The van der Waals surface area contributed by atoms with Crippen molar-refractivity contribution < 1.29 is 9.47 Å². The first-order chi connectivity index (χ1) is 22.2. The zero-order valence-electron chi connectivity index (χ0n) is 24.8. The summed E-state index contributed by atoms with van der Waals surface area (Å²) in [5.74, 6) is 24.4. The van der Waals surface area contributed by atoms with Crippen molar-refractivity contribution in [2.75, 3.05) is 26.4 Å². The molecule has 0 spiro atoms. The maximum Gasteiger partial charge on any atom is 0.151 e. The van der Waals surface area contributed by atoms with E-state index in [1.807, 2.05) is 109 Å². The Morgan fingerprint density at radius 1 is 0.444 bits per heavy atom. The Hall–Kier alpha value is -5.98. The molecule has 0 saturated carbocycles. The average molecular weight is 583 g/mol. The SMILES string of the molecule is N#CC(C#N)(Cc1ccccc1C#CCOCC#Cc1ccccc1)Cc1ccccc1C#CCOCC#Cc1ccccc1. The summed E-state index contributed by atoms with van der Waals surface area (Å²) in [4.78, 5) is 0. The standard InChI is InChI=1S/C41H30N2O2/c42-33-41(34-43,31-39-23-9-7-21-37(39)25-13-29-44-27-11-19-35-15-3-1-4-16-35)32-40-24-10-8-22-38(40)26-14-30-45-28-12-20-36-17-5-2-6-18-36/h1-10,15-18,21-24H,27-32H2. The number of rotatable bonds is 8. The number of hydrogen-bond acceptors (Lipinski definition) is 4. The van der Waals surface area contributed by atoms with Gasteiger partial charge in [-0.25, -0.2) is 0 Å². The minimum atomic E-state index is -1.30. The Balaban J connectivity index is 1.37. The molecule has 4 aromatic rings. The van der Waals surface area contributed by atoms with Gasteiger partial charge in [0, 0.05) is 35.1 Å². The normalized spacial score (nSPS) is 9.73. The first-order valence-corrected chi connectivity index (χ1v) is 14.4. The molecule has 0 fully saturated rings. The van der Waals surface area contributed by atoms with Gasteiger partial charge in [0.25, 0.3) is 0 Å². The van der Waals surface area contributed by atoms with Crippen LogP contribution in [0.4, 0.5) is 0 Å². The van der Waals surface area contributed by atoms with Gasteiger partial charge in [-0.2, -0.15) is 10.5 Å². The summed E-state index contributed by atoms with van der Waals surface area (Å²) < 4.78 is 11.1. The largest absolute Gasteiger partial charge is 0.356 e. The molecule has 0 atom stereocenters. The van der Waals surface area contributed by atoms with E-state index in [1.54, 1.807) is 0 Å². The minimum absolute atomic E-state index is 0.217. The van der Waals surface area contributed by atoms with Crippen molar-refractivity contribution in [3.63, 3.8) is 0 Å². The molecule has 0 aliphatic rings. The summed E-state index contributed by atoms with van der Waals surface area (Å²) in [6.07, 6.45) is 0.443. The van der Waals surface area contributed by atoms with E-state index < -0.39 is 5.41 Å². The maximum atomic E-state index is 10.2. The average Bonchev–Trinajstić information content (AvgIpc) is 3.09. The van der Waals surface area contributed by atoms with Crippen molar-refractivity contribution >= 4 is 0 Å². The third-order valence-electron chi connectivity index (χ3n) is 6.60. The molecule has 0 saturated heterocycles. The van der Waals surface area contributed by atoms with E-state index in [-0.39, 0.29) is 39.3 Å². The Morgan fingerprint density at radius 2 is 0.800 bits per heavy atom. The highest BCUT2D eigenvalue weighted by Crippen LogP contribution is 2.29. The quantitative estimate of drug-likeness (QED) is 0.180. The summed E-state index contributed by atoms with van der Waals surface area (Å²) in [5.41, 5.74) is 3.73. The fourth-order valence-corrected chi connectivity index (χ4v) is 4.38. The molecule has 45 heavy (non-hydrogen) atoms. The molecule has 216 valence electrons. The van der Waals surface area contributed by atoms with Gasteiger partial charge >= 0.3 is 0 Å². The van der Waals surface area contributed by atoms with Crippen LogP contribution in [-0.2, 0) is 22.3 Å². The number of benzene rings is 4. The fraction of sp³-hybridized carbons (Fsp3) is 0.171. The van der Waals surface area contributed by atoms with E-state index in [9.17, 15) is 10.5 Å². The smallest absolute Gasteiger partial charge is 0.151 e. The molecule has 0 unspecified atom stereocenters. The Labute approximate surface area is 266 Å². The van der Waals surface area contributed by atoms with Gasteiger partial charge in [0.05, 0.1) is 12.1 Å².